The highest BCUT2D eigenvalue weighted by molar-refractivity contribution is 7.90. The van der Waals surface area contributed by atoms with Crippen molar-refractivity contribution in [3.05, 3.63) is 47.3 Å². The molecule has 1 fully saturated rings. The summed E-state index contributed by atoms with van der Waals surface area (Å²) in [5, 5.41) is 6.84. The molecule has 1 saturated heterocycles. The molecule has 0 radical (unpaired) electrons. The van der Waals surface area contributed by atoms with E-state index in [-0.39, 0.29) is 5.92 Å². The summed E-state index contributed by atoms with van der Waals surface area (Å²) >= 11 is 0. The van der Waals surface area contributed by atoms with E-state index in [0.29, 0.717) is 11.5 Å². The highest BCUT2D eigenvalue weighted by Gasteiger charge is 2.30. The molecule has 0 bridgehead atoms. The van der Waals surface area contributed by atoms with Crippen LogP contribution in [0.15, 0.2) is 40.9 Å². The molecule has 0 spiro atoms. The van der Waals surface area contributed by atoms with Gasteiger partial charge in [0.25, 0.3) is 0 Å². The Bertz CT molecular complexity index is 917. The number of aromatic nitrogens is 2. The number of rotatable bonds is 4. The molecule has 25 heavy (non-hydrogen) atoms. The SMILES string of the molecule is CS(=O)(=O)c1cn[nH]c1C1CCN(CC2=Cc3ccccc3OC2)C1. The van der Waals surface area contributed by atoms with Gasteiger partial charge >= 0.3 is 0 Å². The maximum Gasteiger partial charge on any atom is 0.178 e. The number of benzene rings is 1. The fourth-order valence-electron chi connectivity index (χ4n) is 3.63. The lowest BCUT2D eigenvalue weighted by Gasteiger charge is -2.22. The van der Waals surface area contributed by atoms with Crippen LogP contribution in [-0.2, 0) is 9.84 Å². The number of para-hydroxylation sites is 1. The summed E-state index contributed by atoms with van der Waals surface area (Å²) in [6.45, 7) is 3.21. The smallest absolute Gasteiger partial charge is 0.178 e. The molecule has 1 N–H and O–H groups in total. The number of fused-ring (bicyclic) bond motifs is 1. The zero-order valence-electron chi connectivity index (χ0n) is 14.1. The van der Waals surface area contributed by atoms with E-state index in [4.69, 9.17) is 4.74 Å². The van der Waals surface area contributed by atoms with Gasteiger partial charge in [-0.25, -0.2) is 8.42 Å². The molecule has 2 aliphatic heterocycles. The van der Waals surface area contributed by atoms with Gasteiger partial charge in [0.1, 0.15) is 17.3 Å². The molecule has 0 amide bonds. The Labute approximate surface area is 147 Å². The van der Waals surface area contributed by atoms with Gasteiger partial charge in [-0.15, -0.1) is 0 Å². The minimum Gasteiger partial charge on any atom is -0.489 e. The van der Waals surface area contributed by atoms with E-state index in [1.807, 2.05) is 18.2 Å². The molecule has 0 saturated carbocycles. The topological polar surface area (TPSA) is 75.3 Å². The summed E-state index contributed by atoms with van der Waals surface area (Å²) in [6, 6.07) is 8.04. The second kappa shape index (κ2) is 6.31. The Morgan fingerprint density at radius 3 is 3.04 bits per heavy atom. The third kappa shape index (κ3) is 3.34. The fourth-order valence-corrected chi connectivity index (χ4v) is 4.48. The van der Waals surface area contributed by atoms with Gasteiger partial charge in [-0.2, -0.15) is 5.10 Å². The maximum atomic E-state index is 11.9. The van der Waals surface area contributed by atoms with Crippen molar-refractivity contribution in [2.75, 3.05) is 32.5 Å². The highest BCUT2D eigenvalue weighted by Crippen LogP contribution is 2.31. The van der Waals surface area contributed by atoms with E-state index in [0.717, 1.165) is 43.1 Å². The van der Waals surface area contributed by atoms with E-state index in [2.05, 4.69) is 27.2 Å². The van der Waals surface area contributed by atoms with Crippen molar-refractivity contribution in [2.45, 2.75) is 17.2 Å². The van der Waals surface area contributed by atoms with E-state index in [1.165, 1.54) is 18.0 Å². The molecule has 1 atom stereocenters. The van der Waals surface area contributed by atoms with Crippen molar-refractivity contribution in [1.29, 1.82) is 0 Å². The van der Waals surface area contributed by atoms with E-state index in [1.54, 1.807) is 0 Å². The van der Waals surface area contributed by atoms with Gasteiger partial charge in [-0.1, -0.05) is 18.2 Å². The number of likely N-dealkylation sites (tertiary alicyclic amines) is 1. The summed E-state index contributed by atoms with van der Waals surface area (Å²) in [6.07, 6.45) is 5.77. The van der Waals surface area contributed by atoms with Crippen LogP contribution in [0.2, 0.25) is 0 Å². The standard InChI is InChI=1S/C18H21N3O3S/c1-25(22,23)17-9-19-20-18(17)15-6-7-21(11-15)10-13-8-14-4-2-3-5-16(14)24-12-13/h2-5,8-9,15H,6-7,10-12H2,1H3,(H,19,20). The van der Waals surface area contributed by atoms with Gasteiger partial charge in [0.15, 0.2) is 9.84 Å². The number of nitrogens with zero attached hydrogens (tertiary/aromatic N) is 2. The van der Waals surface area contributed by atoms with Gasteiger partial charge in [0.05, 0.1) is 11.9 Å². The average Bonchev–Trinajstić information content (AvgIpc) is 3.23. The third-order valence-electron chi connectivity index (χ3n) is 4.83. The lowest BCUT2D eigenvalue weighted by Crippen LogP contribution is -2.26. The van der Waals surface area contributed by atoms with Gasteiger partial charge < -0.3 is 4.74 Å². The Kier molecular flexibility index (Phi) is 4.13. The number of sulfone groups is 1. The molecule has 4 rings (SSSR count). The predicted octanol–water partition coefficient (Wildman–Crippen LogP) is 2.08. The molecule has 0 aliphatic carbocycles. The van der Waals surface area contributed by atoms with Crippen LogP contribution in [0.1, 0.15) is 23.6 Å². The normalized spacial score (nSPS) is 20.8. The predicted molar refractivity (Wildman–Crippen MR) is 95.4 cm³/mol. The molecule has 7 heteroatoms. The minimum absolute atomic E-state index is 0.171. The van der Waals surface area contributed by atoms with Crippen molar-refractivity contribution >= 4 is 15.9 Å². The molecular weight excluding hydrogens is 338 g/mol. The number of H-pyrrole nitrogens is 1. The second-order valence-corrected chi connectivity index (χ2v) is 8.75. The summed E-state index contributed by atoms with van der Waals surface area (Å²) in [5.41, 5.74) is 3.10. The molecule has 2 aliphatic rings. The number of nitrogens with one attached hydrogen (secondary N) is 1. The number of hydrogen-bond donors (Lipinski definition) is 1. The van der Waals surface area contributed by atoms with Crippen LogP contribution < -0.4 is 4.74 Å². The van der Waals surface area contributed by atoms with Crippen molar-refractivity contribution in [1.82, 2.24) is 15.1 Å². The zero-order chi connectivity index (χ0) is 17.4. The molecule has 6 nitrogen and oxygen atoms in total. The molecule has 1 unspecified atom stereocenters. The van der Waals surface area contributed by atoms with Gasteiger partial charge in [-0.05, 0) is 30.7 Å². The first-order chi connectivity index (χ1) is 12.0. The van der Waals surface area contributed by atoms with Gasteiger partial charge in [0, 0.05) is 30.8 Å². The van der Waals surface area contributed by atoms with Crippen molar-refractivity contribution in [3.8, 4) is 5.75 Å². The van der Waals surface area contributed by atoms with Crippen molar-refractivity contribution < 1.29 is 13.2 Å². The fraction of sp³-hybridized carbons (Fsp3) is 0.389. The molecular formula is C18H21N3O3S. The van der Waals surface area contributed by atoms with Gasteiger partial charge in [0.2, 0.25) is 0 Å². The number of hydrogen-bond acceptors (Lipinski definition) is 5. The van der Waals surface area contributed by atoms with E-state index in [9.17, 15) is 8.42 Å². The van der Waals surface area contributed by atoms with Crippen LogP contribution in [0.5, 0.6) is 5.75 Å². The van der Waals surface area contributed by atoms with Crippen LogP contribution in [-0.4, -0.2) is 56.0 Å². The zero-order valence-corrected chi connectivity index (χ0v) is 14.9. The van der Waals surface area contributed by atoms with Crippen LogP contribution in [0.3, 0.4) is 0 Å². The van der Waals surface area contributed by atoms with Crippen LogP contribution in [0.4, 0.5) is 0 Å². The molecule has 1 aromatic carbocycles. The summed E-state index contributed by atoms with van der Waals surface area (Å²) in [5.74, 6) is 1.10. The van der Waals surface area contributed by atoms with E-state index >= 15 is 0 Å². The molecule has 3 heterocycles. The van der Waals surface area contributed by atoms with Crippen molar-refractivity contribution in [2.24, 2.45) is 0 Å². The third-order valence-corrected chi connectivity index (χ3v) is 5.96. The maximum absolute atomic E-state index is 11.9. The monoisotopic (exact) mass is 359 g/mol. The van der Waals surface area contributed by atoms with Crippen LogP contribution >= 0.6 is 0 Å². The first-order valence-electron chi connectivity index (χ1n) is 8.37. The largest absolute Gasteiger partial charge is 0.489 e. The first-order valence-corrected chi connectivity index (χ1v) is 10.3. The Morgan fingerprint density at radius 2 is 2.20 bits per heavy atom. The Hall–Kier alpha value is -2.12. The quantitative estimate of drug-likeness (QED) is 0.905. The minimum atomic E-state index is -3.25. The average molecular weight is 359 g/mol. The highest BCUT2D eigenvalue weighted by atomic mass is 32.2. The van der Waals surface area contributed by atoms with Crippen LogP contribution in [0.25, 0.3) is 6.08 Å². The first kappa shape index (κ1) is 16.4. The number of aromatic amines is 1. The lowest BCUT2D eigenvalue weighted by atomic mass is 10.1. The number of ether oxygens (including phenoxy) is 1. The Balaban J connectivity index is 1.46. The Morgan fingerprint density at radius 1 is 1.36 bits per heavy atom. The van der Waals surface area contributed by atoms with Crippen molar-refractivity contribution in [3.63, 3.8) is 0 Å². The second-order valence-electron chi connectivity index (χ2n) is 6.77. The lowest BCUT2D eigenvalue weighted by molar-refractivity contribution is 0.308. The summed E-state index contributed by atoms with van der Waals surface area (Å²) < 4.78 is 29.6. The molecule has 2 aromatic rings. The molecule has 1 aromatic heterocycles. The molecule has 132 valence electrons. The van der Waals surface area contributed by atoms with Gasteiger partial charge in [-0.3, -0.25) is 10.00 Å². The summed E-state index contributed by atoms with van der Waals surface area (Å²) in [4.78, 5) is 2.68. The van der Waals surface area contributed by atoms with E-state index < -0.39 is 9.84 Å². The summed E-state index contributed by atoms with van der Waals surface area (Å²) in [7, 11) is -3.25. The van der Waals surface area contributed by atoms with Crippen LogP contribution in [0, 0.1) is 0 Å².